The maximum absolute atomic E-state index is 12.6. The first-order valence-corrected chi connectivity index (χ1v) is 9.39. The van der Waals surface area contributed by atoms with Crippen LogP contribution in [0.25, 0.3) is 6.08 Å². The van der Waals surface area contributed by atoms with Crippen molar-refractivity contribution in [3.63, 3.8) is 0 Å². The molecule has 2 amide bonds. The molecule has 0 radical (unpaired) electrons. The van der Waals surface area contributed by atoms with E-state index < -0.39 is 17.1 Å². The van der Waals surface area contributed by atoms with Gasteiger partial charge in [-0.1, -0.05) is 41.4 Å². The zero-order valence-electron chi connectivity index (χ0n) is 14.1. The number of thioether (sulfide) groups is 1. The molecule has 0 spiro atoms. The number of nitrogens with zero attached hydrogens (tertiary/aromatic N) is 1. The van der Waals surface area contributed by atoms with E-state index in [1.807, 2.05) is 0 Å². The number of benzene rings is 2. The quantitative estimate of drug-likeness (QED) is 0.387. The van der Waals surface area contributed by atoms with Crippen molar-refractivity contribution in [2.24, 2.45) is 0 Å². The van der Waals surface area contributed by atoms with Crippen LogP contribution in [-0.4, -0.2) is 22.0 Å². The van der Waals surface area contributed by atoms with Gasteiger partial charge in [-0.3, -0.25) is 19.3 Å². The van der Waals surface area contributed by atoms with Gasteiger partial charge in [0.05, 0.1) is 11.4 Å². The molecule has 0 atom stereocenters. The molecule has 138 valence electrons. The number of rotatable bonds is 4. The summed E-state index contributed by atoms with van der Waals surface area (Å²) in [5.41, 5.74) is 1.22. The average Bonchev–Trinajstić information content (AvgIpc) is 2.86. The molecule has 0 N–H and O–H groups in total. The van der Waals surface area contributed by atoms with Crippen molar-refractivity contribution in [2.75, 3.05) is 0 Å². The highest BCUT2D eigenvalue weighted by atomic mass is 35.5. The molecule has 1 fully saturated rings. The van der Waals surface area contributed by atoms with Gasteiger partial charge in [0.2, 0.25) is 0 Å². The van der Waals surface area contributed by atoms with Crippen LogP contribution in [0.1, 0.15) is 18.1 Å². The van der Waals surface area contributed by atoms with Gasteiger partial charge in [0.25, 0.3) is 11.1 Å². The summed E-state index contributed by atoms with van der Waals surface area (Å²) in [7, 11) is 0. The lowest BCUT2D eigenvalue weighted by atomic mass is 10.2. The van der Waals surface area contributed by atoms with E-state index in [1.54, 1.807) is 48.5 Å². The Balaban J connectivity index is 1.79. The minimum atomic E-state index is -0.415. The topological polar surface area (TPSA) is 63.7 Å². The van der Waals surface area contributed by atoms with E-state index in [1.165, 1.54) is 6.92 Å². The Morgan fingerprint density at radius 3 is 2.33 bits per heavy atom. The second-order valence-electron chi connectivity index (χ2n) is 5.63. The predicted octanol–water partition coefficient (Wildman–Crippen LogP) is 5.16. The number of carbonyl (C=O) groups excluding carboxylic acids is 3. The summed E-state index contributed by atoms with van der Waals surface area (Å²) in [5.74, 6) is -0.423. The molecule has 5 nitrogen and oxygen atoms in total. The first-order valence-electron chi connectivity index (χ1n) is 7.82. The van der Waals surface area contributed by atoms with E-state index in [0.717, 1.165) is 16.7 Å². The summed E-state index contributed by atoms with van der Waals surface area (Å²) in [5, 5.41) is 0.400. The average molecular weight is 422 g/mol. The van der Waals surface area contributed by atoms with Crippen molar-refractivity contribution in [1.29, 1.82) is 0 Å². The van der Waals surface area contributed by atoms with Gasteiger partial charge in [-0.05, 0) is 47.7 Å². The van der Waals surface area contributed by atoms with Crippen LogP contribution in [0.15, 0.2) is 47.4 Å². The highest BCUT2D eigenvalue weighted by Gasteiger charge is 2.35. The van der Waals surface area contributed by atoms with Crippen molar-refractivity contribution in [2.45, 2.75) is 13.5 Å². The van der Waals surface area contributed by atoms with E-state index in [-0.39, 0.29) is 6.54 Å². The molecule has 1 aliphatic heterocycles. The Morgan fingerprint density at radius 2 is 1.74 bits per heavy atom. The van der Waals surface area contributed by atoms with Crippen LogP contribution in [0.2, 0.25) is 10.0 Å². The third-order valence-electron chi connectivity index (χ3n) is 3.69. The Labute approximate surface area is 169 Å². The summed E-state index contributed by atoms with van der Waals surface area (Å²) in [6, 6.07) is 11.6. The number of hydrogen-bond acceptors (Lipinski definition) is 5. The first kappa shape index (κ1) is 19.5. The lowest BCUT2D eigenvalue weighted by molar-refractivity contribution is -0.131. The minimum absolute atomic E-state index is 0.00586. The van der Waals surface area contributed by atoms with Gasteiger partial charge in [0.1, 0.15) is 5.75 Å². The van der Waals surface area contributed by atoms with E-state index in [9.17, 15) is 14.4 Å². The van der Waals surface area contributed by atoms with E-state index in [2.05, 4.69) is 0 Å². The second kappa shape index (κ2) is 8.17. The molecule has 0 aliphatic carbocycles. The van der Waals surface area contributed by atoms with Crippen molar-refractivity contribution in [3.8, 4) is 5.75 Å². The van der Waals surface area contributed by atoms with Crippen molar-refractivity contribution < 1.29 is 19.1 Å². The van der Waals surface area contributed by atoms with Crippen molar-refractivity contribution in [1.82, 2.24) is 4.90 Å². The number of carbonyl (C=O) groups is 3. The molecular formula is C19H13Cl2NO4S. The number of ether oxygens (including phenoxy) is 1. The fraction of sp³-hybridized carbons (Fsp3) is 0.105. The fourth-order valence-electron chi connectivity index (χ4n) is 2.43. The van der Waals surface area contributed by atoms with Gasteiger partial charge in [-0.15, -0.1) is 0 Å². The van der Waals surface area contributed by atoms with E-state index >= 15 is 0 Å². The van der Waals surface area contributed by atoms with Gasteiger partial charge in [0, 0.05) is 22.5 Å². The Morgan fingerprint density at radius 1 is 1.11 bits per heavy atom. The van der Waals surface area contributed by atoms with Crippen LogP contribution >= 0.6 is 35.0 Å². The smallest absolute Gasteiger partial charge is 0.308 e. The largest absolute Gasteiger partial charge is 0.427 e. The number of hydrogen-bond donors (Lipinski definition) is 0. The van der Waals surface area contributed by atoms with Gasteiger partial charge in [-0.25, -0.2) is 0 Å². The molecule has 1 heterocycles. The van der Waals surface area contributed by atoms with Gasteiger partial charge < -0.3 is 4.74 Å². The zero-order chi connectivity index (χ0) is 19.6. The van der Waals surface area contributed by atoms with Crippen LogP contribution in [0.4, 0.5) is 4.79 Å². The SMILES string of the molecule is CC(=O)Oc1ccc(/C=C2\SC(=O)N(Cc3c(Cl)cccc3Cl)C2=O)cc1. The predicted molar refractivity (Wildman–Crippen MR) is 106 cm³/mol. The number of imide groups is 1. The standard InChI is InChI=1S/C19H13Cl2NO4S/c1-11(23)26-13-7-5-12(6-8-13)9-17-18(24)22(19(25)27-17)10-14-15(20)3-2-4-16(14)21/h2-9H,10H2,1H3/b17-9-. The first-order chi connectivity index (χ1) is 12.8. The highest BCUT2D eigenvalue weighted by molar-refractivity contribution is 8.18. The molecule has 0 aromatic heterocycles. The maximum Gasteiger partial charge on any atom is 0.308 e. The molecule has 3 rings (SSSR count). The van der Waals surface area contributed by atoms with Crippen molar-refractivity contribution >= 4 is 58.2 Å². The molecule has 1 aliphatic rings. The summed E-state index contributed by atoms with van der Waals surface area (Å²) in [6.07, 6.45) is 1.61. The van der Waals surface area contributed by atoms with Gasteiger partial charge in [-0.2, -0.15) is 0 Å². The summed E-state index contributed by atoms with van der Waals surface area (Å²) in [4.78, 5) is 37.2. The molecule has 2 aromatic carbocycles. The normalized spacial score (nSPS) is 15.5. The number of halogens is 2. The van der Waals surface area contributed by atoms with Crippen molar-refractivity contribution in [3.05, 3.63) is 68.5 Å². The molecule has 0 saturated carbocycles. The molecule has 0 bridgehead atoms. The highest BCUT2D eigenvalue weighted by Crippen LogP contribution is 2.35. The Hall–Kier alpha value is -2.28. The summed E-state index contributed by atoms with van der Waals surface area (Å²) in [6.45, 7) is 1.32. The summed E-state index contributed by atoms with van der Waals surface area (Å²) < 4.78 is 4.96. The molecular weight excluding hydrogens is 409 g/mol. The zero-order valence-corrected chi connectivity index (χ0v) is 16.4. The van der Waals surface area contributed by atoms with Crippen LogP contribution in [-0.2, 0) is 16.1 Å². The molecule has 8 heteroatoms. The lowest BCUT2D eigenvalue weighted by Gasteiger charge is -2.14. The molecule has 2 aromatic rings. The van der Waals surface area contributed by atoms with Gasteiger partial charge in [0.15, 0.2) is 0 Å². The van der Waals surface area contributed by atoms with Crippen LogP contribution in [0.5, 0.6) is 5.75 Å². The third-order valence-corrected chi connectivity index (χ3v) is 5.31. The maximum atomic E-state index is 12.6. The van der Waals surface area contributed by atoms with E-state index in [4.69, 9.17) is 27.9 Å². The minimum Gasteiger partial charge on any atom is -0.427 e. The van der Waals surface area contributed by atoms with E-state index in [0.29, 0.717) is 31.8 Å². The Bertz CT molecular complexity index is 936. The third kappa shape index (κ3) is 4.53. The monoisotopic (exact) mass is 421 g/mol. The van der Waals surface area contributed by atoms with Crippen LogP contribution in [0, 0.1) is 0 Å². The Kier molecular flexibility index (Phi) is 5.89. The molecule has 0 unspecified atom stereocenters. The van der Waals surface area contributed by atoms with Gasteiger partial charge >= 0.3 is 5.97 Å². The lowest BCUT2D eigenvalue weighted by Crippen LogP contribution is -2.27. The fourth-order valence-corrected chi connectivity index (χ4v) is 3.78. The number of amides is 2. The van der Waals surface area contributed by atoms with Crippen LogP contribution in [0.3, 0.4) is 0 Å². The molecule has 27 heavy (non-hydrogen) atoms. The molecule has 1 saturated heterocycles. The van der Waals surface area contributed by atoms with Crippen LogP contribution < -0.4 is 4.74 Å². The second-order valence-corrected chi connectivity index (χ2v) is 7.44. The summed E-state index contributed by atoms with van der Waals surface area (Å²) >= 11 is 13.1. The number of esters is 1.